The first-order valence-corrected chi connectivity index (χ1v) is 8.64. The van der Waals surface area contributed by atoms with Crippen LogP contribution in [0.15, 0.2) is 83.9 Å². The van der Waals surface area contributed by atoms with Crippen molar-refractivity contribution in [3.63, 3.8) is 0 Å². The highest BCUT2D eigenvalue weighted by molar-refractivity contribution is 9.10. The Balaban J connectivity index is 1.91. The number of nitrogens with zero attached hydrogens (tertiary/aromatic N) is 3. The minimum atomic E-state index is -0.145. The second-order valence-electron chi connectivity index (χ2n) is 5.45. The van der Waals surface area contributed by atoms with Gasteiger partial charge in [-0.3, -0.25) is 4.79 Å². The van der Waals surface area contributed by atoms with Gasteiger partial charge in [-0.05, 0) is 48.0 Å². The van der Waals surface area contributed by atoms with Crippen LogP contribution in [0.4, 0.5) is 0 Å². The molecule has 0 bridgehead atoms. The van der Waals surface area contributed by atoms with Crippen molar-refractivity contribution in [2.45, 2.75) is 0 Å². The number of carbonyl (C=O) groups is 1. The van der Waals surface area contributed by atoms with Crippen molar-refractivity contribution in [2.75, 3.05) is 0 Å². The van der Waals surface area contributed by atoms with Gasteiger partial charge in [0.15, 0.2) is 0 Å². The Bertz CT molecular complexity index is 993. The van der Waals surface area contributed by atoms with Crippen LogP contribution in [-0.4, -0.2) is 15.3 Å². The maximum Gasteiger partial charge on any atom is 0.209 e. The van der Waals surface area contributed by atoms with Crippen molar-refractivity contribution in [1.82, 2.24) is 9.55 Å². The normalized spacial score (nSPS) is 11.5. The van der Waals surface area contributed by atoms with Gasteiger partial charge in [-0.1, -0.05) is 40.2 Å². The van der Waals surface area contributed by atoms with E-state index in [1.165, 1.54) is 0 Å². The number of allylic oxidation sites excluding steroid dienone is 3. The lowest BCUT2D eigenvalue weighted by atomic mass is 10.1. The lowest BCUT2D eigenvalue weighted by Crippen LogP contribution is -2.08. The third-order valence-corrected chi connectivity index (χ3v) is 4.23. The molecule has 0 aliphatic heterocycles. The van der Waals surface area contributed by atoms with E-state index in [-0.39, 0.29) is 5.78 Å². The highest BCUT2D eigenvalue weighted by atomic mass is 79.9. The van der Waals surface area contributed by atoms with Crippen molar-refractivity contribution in [3.05, 3.63) is 101 Å². The van der Waals surface area contributed by atoms with E-state index in [1.54, 1.807) is 53.6 Å². The quantitative estimate of drug-likeness (QED) is 0.343. The van der Waals surface area contributed by atoms with Gasteiger partial charge in [0.2, 0.25) is 5.78 Å². The molecule has 0 atom stereocenters. The SMILES string of the molecule is N#Cc1ccc(C(=O)/C(=C/C=C/c2ccc(Br)cc2)n2ccnc2)cc1. The first-order chi connectivity index (χ1) is 12.7. The van der Waals surface area contributed by atoms with Crippen molar-refractivity contribution < 1.29 is 4.79 Å². The van der Waals surface area contributed by atoms with Crippen LogP contribution in [-0.2, 0) is 0 Å². The van der Waals surface area contributed by atoms with Crippen molar-refractivity contribution in [2.24, 2.45) is 0 Å². The maximum atomic E-state index is 12.9. The number of carbonyl (C=O) groups excluding carboxylic acids is 1. The molecule has 0 aliphatic rings. The molecule has 2 aromatic carbocycles. The molecule has 1 heterocycles. The molecule has 0 aliphatic carbocycles. The number of halogens is 1. The lowest BCUT2D eigenvalue weighted by Gasteiger charge is -2.07. The average Bonchev–Trinajstić information content (AvgIpc) is 3.21. The predicted molar refractivity (Wildman–Crippen MR) is 105 cm³/mol. The summed E-state index contributed by atoms with van der Waals surface area (Å²) in [4.78, 5) is 16.9. The summed E-state index contributed by atoms with van der Waals surface area (Å²) in [5.74, 6) is -0.145. The molecule has 0 saturated carbocycles. The molecule has 0 radical (unpaired) electrons. The molecule has 3 rings (SSSR count). The Morgan fingerprint density at radius 1 is 1.12 bits per heavy atom. The predicted octanol–water partition coefficient (Wildman–Crippen LogP) is 4.95. The first-order valence-electron chi connectivity index (χ1n) is 7.84. The Morgan fingerprint density at radius 2 is 1.85 bits per heavy atom. The first kappa shape index (κ1) is 17.6. The van der Waals surface area contributed by atoms with Gasteiger partial charge in [0.25, 0.3) is 0 Å². The van der Waals surface area contributed by atoms with Crippen LogP contribution in [0.5, 0.6) is 0 Å². The van der Waals surface area contributed by atoms with Gasteiger partial charge in [-0.25, -0.2) is 4.98 Å². The van der Waals surface area contributed by atoms with Gasteiger partial charge in [0.1, 0.15) is 0 Å². The van der Waals surface area contributed by atoms with E-state index in [4.69, 9.17) is 5.26 Å². The van der Waals surface area contributed by atoms with Crippen LogP contribution in [0.3, 0.4) is 0 Å². The summed E-state index contributed by atoms with van der Waals surface area (Å²) in [5, 5.41) is 8.90. The summed E-state index contributed by atoms with van der Waals surface area (Å²) < 4.78 is 2.69. The van der Waals surface area contributed by atoms with E-state index < -0.39 is 0 Å². The van der Waals surface area contributed by atoms with Crippen LogP contribution in [0.25, 0.3) is 11.8 Å². The van der Waals surface area contributed by atoms with Gasteiger partial charge in [0, 0.05) is 22.4 Å². The Hall–Kier alpha value is -3.23. The van der Waals surface area contributed by atoms with Crippen LogP contribution in [0.1, 0.15) is 21.5 Å². The molecule has 4 nitrogen and oxygen atoms in total. The molecular weight excluding hydrogens is 390 g/mol. The monoisotopic (exact) mass is 403 g/mol. The molecule has 5 heteroatoms. The maximum absolute atomic E-state index is 12.9. The summed E-state index contributed by atoms with van der Waals surface area (Å²) in [6.45, 7) is 0. The molecule has 0 fully saturated rings. The standard InChI is InChI=1S/C21H14BrN3O/c22-19-10-6-16(7-11-19)2-1-3-20(25-13-12-24-15-25)21(26)18-8-4-17(14-23)5-9-18/h1-13,15H/b2-1+,20-3-. The van der Waals surface area contributed by atoms with Crippen LogP contribution in [0, 0.1) is 11.3 Å². The summed E-state index contributed by atoms with van der Waals surface area (Å²) in [7, 11) is 0. The Morgan fingerprint density at radius 3 is 2.46 bits per heavy atom. The zero-order valence-corrected chi connectivity index (χ0v) is 15.3. The van der Waals surface area contributed by atoms with Gasteiger partial charge in [-0.2, -0.15) is 5.26 Å². The topological polar surface area (TPSA) is 58.7 Å². The van der Waals surface area contributed by atoms with E-state index >= 15 is 0 Å². The van der Waals surface area contributed by atoms with Crippen LogP contribution < -0.4 is 0 Å². The summed E-state index contributed by atoms with van der Waals surface area (Å²) in [5.41, 5.74) is 2.53. The minimum absolute atomic E-state index is 0.145. The number of ketones is 1. The minimum Gasteiger partial charge on any atom is -0.303 e. The fraction of sp³-hybridized carbons (Fsp3) is 0. The van der Waals surface area contributed by atoms with Crippen molar-refractivity contribution in [1.29, 1.82) is 5.26 Å². The molecular formula is C21H14BrN3O. The summed E-state index contributed by atoms with van der Waals surface area (Å²) in [6.07, 6.45) is 10.4. The van der Waals surface area contributed by atoms with Crippen LogP contribution >= 0.6 is 15.9 Å². The molecule has 3 aromatic rings. The van der Waals surface area contributed by atoms with E-state index in [2.05, 4.69) is 27.0 Å². The molecule has 1 aromatic heterocycles. The molecule has 0 spiro atoms. The highest BCUT2D eigenvalue weighted by Crippen LogP contribution is 2.16. The lowest BCUT2D eigenvalue weighted by molar-refractivity contribution is 0.105. The summed E-state index contributed by atoms with van der Waals surface area (Å²) in [6, 6.07) is 16.5. The van der Waals surface area contributed by atoms with Gasteiger partial charge < -0.3 is 4.57 Å². The number of benzene rings is 2. The third kappa shape index (κ3) is 4.24. The number of imidazole rings is 1. The molecule has 0 unspecified atom stereocenters. The zero-order valence-electron chi connectivity index (χ0n) is 13.7. The number of nitriles is 1. The van der Waals surface area contributed by atoms with Crippen molar-refractivity contribution >= 4 is 33.5 Å². The number of Topliss-reactive ketones (excluding diaryl/α,β-unsaturated/α-hetero) is 1. The number of rotatable bonds is 5. The van der Waals surface area contributed by atoms with Crippen molar-refractivity contribution in [3.8, 4) is 6.07 Å². The zero-order chi connectivity index (χ0) is 18.4. The average molecular weight is 404 g/mol. The van der Waals surface area contributed by atoms with E-state index in [1.807, 2.05) is 36.4 Å². The smallest absolute Gasteiger partial charge is 0.209 e. The van der Waals surface area contributed by atoms with E-state index in [0.29, 0.717) is 16.8 Å². The molecule has 0 saturated heterocycles. The fourth-order valence-electron chi connectivity index (χ4n) is 2.35. The second kappa shape index (κ2) is 8.24. The fourth-order valence-corrected chi connectivity index (χ4v) is 2.61. The number of hydrogen-bond acceptors (Lipinski definition) is 3. The highest BCUT2D eigenvalue weighted by Gasteiger charge is 2.13. The Kier molecular flexibility index (Phi) is 5.57. The largest absolute Gasteiger partial charge is 0.303 e. The van der Waals surface area contributed by atoms with Gasteiger partial charge in [0.05, 0.1) is 23.7 Å². The van der Waals surface area contributed by atoms with Gasteiger partial charge in [-0.15, -0.1) is 0 Å². The van der Waals surface area contributed by atoms with Crippen LogP contribution in [0.2, 0.25) is 0 Å². The molecule has 26 heavy (non-hydrogen) atoms. The number of hydrogen-bond donors (Lipinski definition) is 0. The molecule has 0 amide bonds. The van der Waals surface area contributed by atoms with Gasteiger partial charge >= 0.3 is 0 Å². The van der Waals surface area contributed by atoms with E-state index in [0.717, 1.165) is 10.0 Å². The second-order valence-corrected chi connectivity index (χ2v) is 6.37. The molecule has 126 valence electrons. The van der Waals surface area contributed by atoms with E-state index in [9.17, 15) is 4.79 Å². The molecule has 0 N–H and O–H groups in total. The summed E-state index contributed by atoms with van der Waals surface area (Å²) >= 11 is 3.41. The number of aromatic nitrogens is 2. The third-order valence-electron chi connectivity index (χ3n) is 3.70. The Labute approximate surface area is 159 Å².